The maximum absolute atomic E-state index is 12.0. The first-order valence-electron chi connectivity index (χ1n) is 7.66. The molecule has 1 aliphatic rings. The van der Waals surface area contributed by atoms with Gasteiger partial charge >= 0.3 is 5.97 Å². The number of rotatable bonds is 7. The van der Waals surface area contributed by atoms with Crippen LogP contribution in [-0.2, 0) is 16.0 Å². The topological polar surface area (TPSA) is 51.2 Å². The largest absolute Gasteiger partial charge is 0.465 e. The lowest BCUT2D eigenvalue weighted by Gasteiger charge is -2.19. The summed E-state index contributed by atoms with van der Waals surface area (Å²) in [5.41, 5.74) is 0.956. The first-order chi connectivity index (χ1) is 9.76. The molecule has 1 unspecified atom stereocenters. The zero-order valence-electron chi connectivity index (χ0n) is 12.4. The number of nitrogens with one attached hydrogen (secondary N) is 1. The van der Waals surface area contributed by atoms with Crippen LogP contribution in [0.15, 0.2) is 0 Å². The smallest absolute Gasteiger partial charge is 0.315 e. The Balaban J connectivity index is 2.00. The predicted molar refractivity (Wildman–Crippen MR) is 82.4 cm³/mol. The number of anilines is 1. The van der Waals surface area contributed by atoms with Crippen molar-refractivity contribution >= 4 is 22.4 Å². The number of carbonyl (C=O) groups is 1. The first-order valence-corrected chi connectivity index (χ1v) is 8.48. The van der Waals surface area contributed by atoms with E-state index in [9.17, 15) is 4.79 Å². The normalized spacial score (nSPS) is 17.6. The molecule has 0 saturated heterocycles. The maximum atomic E-state index is 12.0. The molecule has 0 saturated carbocycles. The zero-order chi connectivity index (χ0) is 14.4. The molecule has 1 N–H and O–H groups in total. The SMILES string of the molecule is CCCCCNc1nc2c(s1)CCCC2C(=O)OCC. The lowest BCUT2D eigenvalue weighted by Crippen LogP contribution is -2.20. The van der Waals surface area contributed by atoms with Crippen LogP contribution in [0.25, 0.3) is 0 Å². The van der Waals surface area contributed by atoms with Crippen molar-refractivity contribution in [3.05, 3.63) is 10.6 Å². The second kappa shape index (κ2) is 7.62. The number of unbranched alkanes of at least 4 members (excludes halogenated alkanes) is 2. The number of esters is 1. The van der Waals surface area contributed by atoms with Crippen molar-refractivity contribution in [1.29, 1.82) is 0 Å². The molecule has 4 nitrogen and oxygen atoms in total. The van der Waals surface area contributed by atoms with Gasteiger partial charge in [-0.1, -0.05) is 19.8 Å². The summed E-state index contributed by atoms with van der Waals surface area (Å²) in [6.07, 6.45) is 6.59. The van der Waals surface area contributed by atoms with Gasteiger partial charge in [-0.3, -0.25) is 4.79 Å². The summed E-state index contributed by atoms with van der Waals surface area (Å²) in [6.45, 7) is 5.46. The van der Waals surface area contributed by atoms with Crippen LogP contribution in [0.5, 0.6) is 0 Å². The van der Waals surface area contributed by atoms with Gasteiger partial charge in [0, 0.05) is 11.4 Å². The molecule has 1 aromatic rings. The Kier molecular flexibility index (Phi) is 5.83. The maximum Gasteiger partial charge on any atom is 0.315 e. The molecule has 0 aliphatic heterocycles. The van der Waals surface area contributed by atoms with Gasteiger partial charge in [-0.2, -0.15) is 0 Å². The third kappa shape index (κ3) is 3.72. The molecule has 1 atom stereocenters. The molecule has 1 aromatic heterocycles. The Morgan fingerprint density at radius 2 is 2.30 bits per heavy atom. The Labute approximate surface area is 124 Å². The van der Waals surface area contributed by atoms with E-state index in [1.807, 2.05) is 6.92 Å². The summed E-state index contributed by atoms with van der Waals surface area (Å²) in [7, 11) is 0. The van der Waals surface area contributed by atoms with E-state index < -0.39 is 0 Å². The van der Waals surface area contributed by atoms with Gasteiger partial charge in [-0.25, -0.2) is 4.98 Å². The molecule has 1 heterocycles. The van der Waals surface area contributed by atoms with Gasteiger partial charge in [0.1, 0.15) is 5.92 Å². The average Bonchev–Trinajstić information content (AvgIpc) is 2.86. The molecule has 0 amide bonds. The molecule has 1 aliphatic carbocycles. The van der Waals surface area contributed by atoms with Gasteiger partial charge in [0.2, 0.25) is 0 Å². The molecular formula is C15H24N2O2S. The van der Waals surface area contributed by atoms with E-state index in [-0.39, 0.29) is 11.9 Å². The number of nitrogens with zero attached hydrogens (tertiary/aromatic N) is 1. The predicted octanol–water partition coefficient (Wildman–Crippen LogP) is 3.73. The minimum absolute atomic E-state index is 0.115. The molecule has 0 aromatic carbocycles. The Morgan fingerprint density at radius 3 is 3.05 bits per heavy atom. The number of aromatic nitrogens is 1. The van der Waals surface area contributed by atoms with Gasteiger partial charge in [0.25, 0.3) is 0 Å². The van der Waals surface area contributed by atoms with E-state index in [4.69, 9.17) is 4.74 Å². The fraction of sp³-hybridized carbons (Fsp3) is 0.733. The molecule has 5 heteroatoms. The standard InChI is InChI=1S/C15H24N2O2S/c1-3-5-6-10-16-15-17-13-11(14(18)19-4-2)8-7-9-12(13)20-15/h11H,3-10H2,1-2H3,(H,16,17). The number of ether oxygens (including phenoxy) is 1. The fourth-order valence-electron chi connectivity index (χ4n) is 2.54. The number of hydrogen-bond donors (Lipinski definition) is 1. The van der Waals surface area contributed by atoms with Gasteiger partial charge in [0.05, 0.1) is 12.3 Å². The Bertz CT molecular complexity index is 445. The molecular weight excluding hydrogens is 272 g/mol. The van der Waals surface area contributed by atoms with Crippen molar-refractivity contribution in [2.75, 3.05) is 18.5 Å². The molecule has 0 radical (unpaired) electrons. The highest BCUT2D eigenvalue weighted by molar-refractivity contribution is 7.15. The van der Waals surface area contributed by atoms with Crippen LogP contribution in [0, 0.1) is 0 Å². The van der Waals surface area contributed by atoms with Gasteiger partial charge in [-0.15, -0.1) is 11.3 Å². The van der Waals surface area contributed by atoms with Crippen LogP contribution in [0.4, 0.5) is 5.13 Å². The summed E-state index contributed by atoms with van der Waals surface area (Å²) in [5, 5.41) is 4.34. The van der Waals surface area contributed by atoms with Crippen molar-refractivity contribution in [3.8, 4) is 0 Å². The minimum atomic E-state index is -0.152. The van der Waals surface area contributed by atoms with Crippen molar-refractivity contribution in [2.24, 2.45) is 0 Å². The summed E-state index contributed by atoms with van der Waals surface area (Å²) in [6, 6.07) is 0. The molecule has 2 rings (SSSR count). The van der Waals surface area contributed by atoms with Crippen LogP contribution in [0.3, 0.4) is 0 Å². The highest BCUT2D eigenvalue weighted by Gasteiger charge is 2.31. The summed E-state index contributed by atoms with van der Waals surface area (Å²) in [5.74, 6) is -0.266. The second-order valence-electron chi connectivity index (χ2n) is 5.16. The Morgan fingerprint density at radius 1 is 1.45 bits per heavy atom. The van der Waals surface area contributed by atoms with Crippen LogP contribution < -0.4 is 5.32 Å². The third-order valence-electron chi connectivity index (χ3n) is 3.58. The molecule has 112 valence electrons. The van der Waals surface area contributed by atoms with Gasteiger partial charge in [0.15, 0.2) is 5.13 Å². The lowest BCUT2D eigenvalue weighted by molar-refractivity contribution is -0.145. The average molecular weight is 296 g/mol. The van der Waals surface area contributed by atoms with E-state index in [0.29, 0.717) is 6.61 Å². The van der Waals surface area contributed by atoms with Gasteiger partial charge < -0.3 is 10.1 Å². The summed E-state index contributed by atoms with van der Waals surface area (Å²) >= 11 is 1.70. The van der Waals surface area contributed by atoms with E-state index in [1.165, 1.54) is 24.1 Å². The van der Waals surface area contributed by atoms with E-state index in [2.05, 4.69) is 17.2 Å². The van der Waals surface area contributed by atoms with Crippen molar-refractivity contribution < 1.29 is 9.53 Å². The van der Waals surface area contributed by atoms with Crippen LogP contribution >= 0.6 is 11.3 Å². The number of carbonyl (C=O) groups excluding carboxylic acids is 1. The van der Waals surface area contributed by atoms with Crippen molar-refractivity contribution in [3.63, 3.8) is 0 Å². The first kappa shape index (κ1) is 15.3. The number of fused-ring (bicyclic) bond motifs is 1. The monoisotopic (exact) mass is 296 g/mol. The Hall–Kier alpha value is -1.10. The second-order valence-corrected chi connectivity index (χ2v) is 6.24. The van der Waals surface area contributed by atoms with E-state index in [0.717, 1.165) is 36.6 Å². The quantitative estimate of drug-likeness (QED) is 0.615. The zero-order valence-corrected chi connectivity index (χ0v) is 13.2. The number of aryl methyl sites for hydroxylation is 1. The van der Waals surface area contributed by atoms with E-state index >= 15 is 0 Å². The summed E-state index contributed by atoms with van der Waals surface area (Å²) in [4.78, 5) is 17.9. The summed E-state index contributed by atoms with van der Waals surface area (Å²) < 4.78 is 5.17. The van der Waals surface area contributed by atoms with Crippen molar-refractivity contribution in [1.82, 2.24) is 4.98 Å². The fourth-order valence-corrected chi connectivity index (χ4v) is 3.63. The number of hydrogen-bond acceptors (Lipinski definition) is 5. The molecule has 0 bridgehead atoms. The third-order valence-corrected chi connectivity index (χ3v) is 4.67. The molecule has 0 spiro atoms. The highest BCUT2D eigenvalue weighted by Crippen LogP contribution is 2.37. The lowest BCUT2D eigenvalue weighted by atomic mass is 9.91. The van der Waals surface area contributed by atoms with Crippen molar-refractivity contribution in [2.45, 2.75) is 58.3 Å². The molecule has 0 fully saturated rings. The van der Waals surface area contributed by atoms with Crippen LogP contribution in [-0.4, -0.2) is 24.1 Å². The minimum Gasteiger partial charge on any atom is -0.465 e. The van der Waals surface area contributed by atoms with Gasteiger partial charge in [-0.05, 0) is 32.6 Å². The highest BCUT2D eigenvalue weighted by atomic mass is 32.1. The van der Waals surface area contributed by atoms with E-state index in [1.54, 1.807) is 11.3 Å². The molecule has 20 heavy (non-hydrogen) atoms. The van der Waals surface area contributed by atoms with Crippen LogP contribution in [0.1, 0.15) is 62.4 Å². The van der Waals surface area contributed by atoms with Crippen LogP contribution in [0.2, 0.25) is 0 Å². The number of thiazole rings is 1.